The molecule has 6 heterocycles. The van der Waals surface area contributed by atoms with Gasteiger partial charge < -0.3 is 34.5 Å². The summed E-state index contributed by atoms with van der Waals surface area (Å²) in [6.45, 7) is 7.72. The third kappa shape index (κ3) is 6.77. The summed E-state index contributed by atoms with van der Waals surface area (Å²) in [5.74, 6) is 0. The van der Waals surface area contributed by atoms with Gasteiger partial charge in [0.05, 0.1) is 0 Å². The van der Waals surface area contributed by atoms with Crippen molar-refractivity contribution in [1.82, 2.24) is 29.4 Å². The molecular weight excluding hydrogens is 568 g/mol. The van der Waals surface area contributed by atoms with Gasteiger partial charge in [0, 0.05) is 75.5 Å². The van der Waals surface area contributed by atoms with Crippen LogP contribution in [0.2, 0.25) is 0 Å². The first kappa shape index (κ1) is 30.5. The van der Waals surface area contributed by atoms with Crippen molar-refractivity contribution < 1.29 is 21.1 Å². The van der Waals surface area contributed by atoms with Crippen LogP contribution in [0, 0.1) is 14.9 Å². The zero-order valence-electron chi connectivity index (χ0n) is 22.3. The van der Waals surface area contributed by atoms with Crippen molar-refractivity contribution >= 4 is 0 Å². The molecule has 6 atom stereocenters. The molecule has 0 radical (unpaired) electrons. The number of rotatable bonds is 0. The summed E-state index contributed by atoms with van der Waals surface area (Å²) >= 11 is 0. The molecule has 6 saturated heterocycles. The molecule has 0 N–H and O–H groups in total. The summed E-state index contributed by atoms with van der Waals surface area (Å²) in [6, 6.07) is 5.21. The normalized spacial score (nSPS) is 39.2. The molecular formula is C25H52N6W. The van der Waals surface area contributed by atoms with Crippen molar-refractivity contribution in [3.8, 4) is 0 Å². The van der Waals surface area contributed by atoms with Crippen LogP contribution in [0.25, 0.3) is 0 Å². The van der Waals surface area contributed by atoms with Gasteiger partial charge in [-0.2, -0.15) is 0 Å². The van der Waals surface area contributed by atoms with Crippen molar-refractivity contribution in [2.45, 2.75) is 68.4 Å². The fraction of sp³-hybridized carbons (Fsp3) is 0.920. The van der Waals surface area contributed by atoms with E-state index in [9.17, 15) is 0 Å². The molecule has 7 heteroatoms. The van der Waals surface area contributed by atoms with E-state index in [0.29, 0.717) is 0 Å². The number of likely N-dealkylation sites (N-methyl/N-ethyl adjacent to an activating group) is 6. The predicted molar refractivity (Wildman–Crippen MR) is 134 cm³/mol. The number of likely N-dealkylation sites (tertiary alicyclic amines) is 4. The summed E-state index contributed by atoms with van der Waals surface area (Å²) in [5.41, 5.74) is 0. The second kappa shape index (κ2) is 13.0. The first-order chi connectivity index (χ1) is 13.8. The summed E-state index contributed by atoms with van der Waals surface area (Å²) in [4.78, 5) is 15.0. The Bertz CT molecular complexity index is 473. The van der Waals surface area contributed by atoms with E-state index >= 15 is 0 Å². The monoisotopic (exact) mass is 620 g/mol. The van der Waals surface area contributed by atoms with Gasteiger partial charge in [-0.15, -0.1) is 0 Å². The summed E-state index contributed by atoms with van der Waals surface area (Å²) in [6.07, 6.45) is 7.10. The van der Waals surface area contributed by atoms with Crippen LogP contribution in [0.1, 0.15) is 32.1 Å². The topological polar surface area (TPSA) is 19.4 Å². The molecule has 0 amide bonds. The maximum atomic E-state index is 2.56. The molecule has 188 valence electrons. The van der Waals surface area contributed by atoms with Gasteiger partial charge in [-0.1, -0.05) is 0 Å². The van der Waals surface area contributed by atoms with E-state index in [2.05, 4.69) is 71.7 Å². The van der Waals surface area contributed by atoms with E-state index in [1.54, 1.807) is 0 Å². The number of fused-ring (bicyclic) bond motifs is 6. The van der Waals surface area contributed by atoms with E-state index in [0.717, 1.165) is 36.3 Å². The molecule has 6 fully saturated rings. The molecule has 0 aromatic carbocycles. The van der Waals surface area contributed by atoms with Crippen molar-refractivity contribution in [2.75, 3.05) is 81.6 Å². The Hall–Kier alpha value is 0.448. The Morgan fingerprint density at radius 2 is 0.719 bits per heavy atom. The number of hydrogen-bond donors (Lipinski definition) is 0. The van der Waals surface area contributed by atoms with Gasteiger partial charge in [-0.05, 0) is 74.4 Å². The van der Waals surface area contributed by atoms with Crippen LogP contribution >= 0.6 is 0 Å². The molecule has 6 aliphatic rings. The molecule has 6 nitrogen and oxygen atoms in total. The largest absolute Gasteiger partial charge is 2.00 e. The standard InChI is InChI=1S/2C8H16N2.C7H14N2.2CH3.W/c2*1-9-5-7-3-4-8(6-9)10(7)2;1-8-4-7-3-6(8)5-9(7)2;;;/h2*7-8H,3-6H2,1-2H3;6-7H,3-5H2,1-2H3;2*1H3;/q;;;2*-1;+2. The van der Waals surface area contributed by atoms with Crippen LogP contribution in [-0.2, 0) is 21.1 Å². The van der Waals surface area contributed by atoms with Crippen molar-refractivity contribution in [3.05, 3.63) is 14.9 Å². The fourth-order valence-electron chi connectivity index (χ4n) is 6.71. The zero-order chi connectivity index (χ0) is 20.7. The van der Waals surface area contributed by atoms with Crippen molar-refractivity contribution in [3.63, 3.8) is 0 Å². The molecule has 6 aliphatic heterocycles. The second-order valence-corrected chi connectivity index (χ2v) is 11.0. The molecule has 6 unspecified atom stereocenters. The van der Waals surface area contributed by atoms with E-state index in [4.69, 9.17) is 0 Å². The smallest absolute Gasteiger partial charge is 0.358 e. The maximum absolute atomic E-state index is 2.56. The molecule has 6 rings (SSSR count). The number of piperazine rings is 3. The van der Waals surface area contributed by atoms with Crippen LogP contribution in [0.3, 0.4) is 0 Å². The van der Waals surface area contributed by atoms with E-state index in [-0.39, 0.29) is 35.9 Å². The third-order valence-electron chi connectivity index (χ3n) is 8.85. The van der Waals surface area contributed by atoms with Gasteiger partial charge in [-0.25, -0.2) is 0 Å². The van der Waals surface area contributed by atoms with E-state index < -0.39 is 0 Å². The van der Waals surface area contributed by atoms with Crippen LogP contribution < -0.4 is 0 Å². The van der Waals surface area contributed by atoms with Gasteiger partial charge in [0.15, 0.2) is 0 Å². The minimum Gasteiger partial charge on any atom is -0.358 e. The second-order valence-electron chi connectivity index (χ2n) is 11.0. The third-order valence-corrected chi connectivity index (χ3v) is 8.85. The molecule has 32 heavy (non-hydrogen) atoms. The average Bonchev–Trinajstić information content (AvgIpc) is 3.31. The summed E-state index contributed by atoms with van der Waals surface area (Å²) < 4.78 is 0. The van der Waals surface area contributed by atoms with Gasteiger partial charge in [0.2, 0.25) is 0 Å². The molecule has 0 aromatic heterocycles. The maximum Gasteiger partial charge on any atom is 2.00 e. The quantitative estimate of drug-likeness (QED) is 0.382. The SMILES string of the molecule is CN1CC2CC1CN2C.CN1CC2CCC(C1)N2C.CN1CC2CCC(C1)N2C.[CH3-].[CH3-].[W+2]. The Kier molecular flexibility index (Phi) is 12.3. The number of nitrogens with zero attached hydrogens (tertiary/aromatic N) is 6. The Morgan fingerprint density at radius 1 is 0.438 bits per heavy atom. The molecule has 0 spiro atoms. The molecule has 0 saturated carbocycles. The van der Waals surface area contributed by atoms with Gasteiger partial charge in [0.1, 0.15) is 0 Å². The van der Waals surface area contributed by atoms with Crippen LogP contribution in [-0.4, -0.2) is 147 Å². The van der Waals surface area contributed by atoms with Crippen LogP contribution in [0.5, 0.6) is 0 Å². The van der Waals surface area contributed by atoms with Gasteiger partial charge in [0.25, 0.3) is 0 Å². The first-order valence-corrected chi connectivity index (χ1v) is 12.0. The average molecular weight is 621 g/mol. The Balaban J connectivity index is 0.000000230. The minimum atomic E-state index is 0. The van der Waals surface area contributed by atoms with E-state index in [1.807, 2.05) is 0 Å². The molecule has 0 aromatic rings. The van der Waals surface area contributed by atoms with Crippen LogP contribution in [0.4, 0.5) is 0 Å². The summed E-state index contributed by atoms with van der Waals surface area (Å²) in [5, 5.41) is 0. The van der Waals surface area contributed by atoms with Crippen LogP contribution in [0.15, 0.2) is 0 Å². The molecule has 0 aliphatic carbocycles. The summed E-state index contributed by atoms with van der Waals surface area (Å²) in [7, 11) is 13.5. The predicted octanol–water partition coefficient (Wildman–Crippen LogP) is 1.69. The van der Waals surface area contributed by atoms with Crippen molar-refractivity contribution in [2.24, 2.45) is 0 Å². The van der Waals surface area contributed by atoms with Crippen molar-refractivity contribution in [1.29, 1.82) is 0 Å². The minimum absolute atomic E-state index is 0. The fourth-order valence-corrected chi connectivity index (χ4v) is 6.71. The van der Waals surface area contributed by atoms with Gasteiger partial charge in [-0.3, -0.25) is 9.80 Å². The zero-order valence-corrected chi connectivity index (χ0v) is 25.3. The molecule has 6 bridgehead atoms. The Labute approximate surface area is 214 Å². The number of hydrogen-bond acceptors (Lipinski definition) is 6. The van der Waals surface area contributed by atoms with Gasteiger partial charge >= 0.3 is 21.1 Å². The van der Waals surface area contributed by atoms with E-state index in [1.165, 1.54) is 71.4 Å². The first-order valence-electron chi connectivity index (χ1n) is 12.0. The Morgan fingerprint density at radius 3 is 0.938 bits per heavy atom.